The minimum Gasteiger partial charge on any atom is -0.446 e. The molecule has 3 fully saturated rings. The van der Waals surface area contributed by atoms with Crippen LogP contribution in [0, 0.1) is 58.2 Å². The number of rotatable bonds is 23. The van der Waals surface area contributed by atoms with Gasteiger partial charge in [-0.25, -0.2) is 9.36 Å². The highest BCUT2D eigenvalue weighted by Gasteiger charge is 2.59. The van der Waals surface area contributed by atoms with E-state index in [1.807, 2.05) is 21.1 Å². The average Bonchev–Trinajstić information content (AvgIpc) is 3.49. The number of fused-ring (bicyclic) bond motifs is 5. The Hall–Kier alpha value is -1.53. The van der Waals surface area contributed by atoms with Crippen LogP contribution < -0.4 is 10.6 Å². The van der Waals surface area contributed by atoms with E-state index in [4.69, 9.17) is 18.5 Å². The lowest BCUT2D eigenvalue weighted by molar-refractivity contribution is -0.870. The van der Waals surface area contributed by atoms with Gasteiger partial charge in [0.05, 0.1) is 34.4 Å². The van der Waals surface area contributed by atoms with Crippen LogP contribution in [0.1, 0.15) is 125 Å². The molecule has 0 saturated heterocycles. The molecule has 12 nitrogen and oxygen atoms in total. The SMILES string of the molecule is COCC(CO)CCCCNC(=O)[C@H](COP(=O)(O)OCC[N+](C)(C)C)NC(=O)O[C@H]1CC[C@@]2(C)C(=CCC3C2CC[C@@]2(C)C3CC[C@@H]2[C@H](C)CC(C)CC(C)C)C1. The maximum Gasteiger partial charge on any atom is 0.472 e. The molecular weight excluding hydrogens is 757 g/mol. The summed E-state index contributed by atoms with van der Waals surface area (Å²) in [5, 5.41) is 15.0. The number of carbonyl (C=O) groups excluding carboxylic acids is 2. The van der Waals surface area contributed by atoms with Gasteiger partial charge in [-0.3, -0.25) is 13.8 Å². The van der Waals surface area contributed by atoms with E-state index in [-0.39, 0.29) is 30.7 Å². The maximum atomic E-state index is 13.4. The van der Waals surface area contributed by atoms with Gasteiger partial charge >= 0.3 is 13.9 Å². The minimum absolute atomic E-state index is 0.0167. The van der Waals surface area contributed by atoms with Crippen molar-refractivity contribution in [2.24, 2.45) is 58.2 Å². The predicted octanol–water partition coefficient (Wildman–Crippen LogP) is 8.12. The largest absolute Gasteiger partial charge is 0.472 e. The monoisotopic (exact) mass is 841 g/mol. The number of quaternary nitrogens is 1. The molecule has 3 saturated carbocycles. The number of hydrogen-bond donors (Lipinski definition) is 4. The Kier molecular flexibility index (Phi) is 18.2. The van der Waals surface area contributed by atoms with Gasteiger partial charge in [0.2, 0.25) is 5.91 Å². The molecule has 4 aliphatic carbocycles. The van der Waals surface area contributed by atoms with Crippen molar-refractivity contribution in [2.45, 2.75) is 137 Å². The lowest BCUT2D eigenvalue weighted by Crippen LogP contribution is -2.52. The Morgan fingerprint density at radius 1 is 0.983 bits per heavy atom. The number of carbonyl (C=O) groups is 2. The van der Waals surface area contributed by atoms with Gasteiger partial charge in [0, 0.05) is 32.6 Å². The second kappa shape index (κ2) is 21.5. The second-order valence-electron chi connectivity index (χ2n) is 20.8. The van der Waals surface area contributed by atoms with Gasteiger partial charge in [-0.1, -0.05) is 59.6 Å². The van der Waals surface area contributed by atoms with Crippen LogP contribution in [-0.2, 0) is 27.9 Å². The highest BCUT2D eigenvalue weighted by molar-refractivity contribution is 7.47. The summed E-state index contributed by atoms with van der Waals surface area (Å²) in [6.07, 6.45) is 15.0. The zero-order valence-electron chi connectivity index (χ0n) is 37.9. The van der Waals surface area contributed by atoms with Crippen molar-refractivity contribution in [1.82, 2.24) is 10.6 Å². The summed E-state index contributed by atoms with van der Waals surface area (Å²) in [5.74, 6) is 4.70. The zero-order chi connectivity index (χ0) is 42.9. The number of aliphatic hydroxyl groups excluding tert-OH is 1. The van der Waals surface area contributed by atoms with Gasteiger partial charge < -0.3 is 34.6 Å². The quantitative estimate of drug-likeness (QED) is 0.0346. The lowest BCUT2D eigenvalue weighted by atomic mass is 9.47. The van der Waals surface area contributed by atoms with E-state index in [0.717, 1.165) is 61.7 Å². The summed E-state index contributed by atoms with van der Waals surface area (Å²) in [6, 6.07) is -1.27. The van der Waals surface area contributed by atoms with E-state index < -0.39 is 32.5 Å². The first-order chi connectivity index (χ1) is 27.2. The van der Waals surface area contributed by atoms with Gasteiger partial charge in [-0.15, -0.1) is 0 Å². The number of unbranched alkanes of at least 4 members (excludes halogenated alkanes) is 1. The Morgan fingerprint density at radius 2 is 1.72 bits per heavy atom. The summed E-state index contributed by atoms with van der Waals surface area (Å²) in [7, 11) is 2.90. The zero-order valence-corrected chi connectivity index (χ0v) is 38.8. The fourth-order valence-corrected chi connectivity index (χ4v) is 12.6. The van der Waals surface area contributed by atoms with Crippen molar-refractivity contribution in [1.29, 1.82) is 0 Å². The average molecular weight is 841 g/mol. The van der Waals surface area contributed by atoms with E-state index in [1.54, 1.807) is 7.11 Å². The second-order valence-corrected chi connectivity index (χ2v) is 22.3. The van der Waals surface area contributed by atoms with Crippen LogP contribution in [-0.4, -0.2) is 106 Å². The number of aliphatic hydroxyl groups is 1. The third kappa shape index (κ3) is 13.5. The molecule has 0 aromatic rings. The third-order valence-corrected chi connectivity index (χ3v) is 15.8. The standard InChI is InChI=1S/C45H82N3O9P/c1-31(2)25-32(3)26-33(4)38-16-17-39-37-15-14-35-27-36(18-20-44(35,5)40(37)19-21-45(38,39)6)57-43(51)47-41(30-56-58(52,53)55-24-23-48(7,8)9)42(50)46-22-12-11-13-34(28-49)29-54-10/h14,31-34,36-41,49H,11-13,15-30H2,1-10H3,(H2-,46,47,50,51,52,53)/p+1/t32?,33-,34?,36+,37?,38-,39?,40?,41+,44+,45-/m1/s1. The molecule has 6 unspecified atom stereocenters. The first-order valence-electron chi connectivity index (χ1n) is 22.7. The molecule has 0 spiro atoms. The first kappa shape index (κ1) is 49.1. The molecule has 0 aliphatic heterocycles. The number of hydrogen-bond acceptors (Lipinski definition) is 8. The predicted molar refractivity (Wildman–Crippen MR) is 229 cm³/mol. The molecule has 0 heterocycles. The molecule has 58 heavy (non-hydrogen) atoms. The van der Waals surface area contributed by atoms with E-state index in [2.05, 4.69) is 58.3 Å². The topological polar surface area (TPSA) is 153 Å². The Morgan fingerprint density at radius 3 is 2.40 bits per heavy atom. The van der Waals surface area contributed by atoms with Gasteiger partial charge in [0.25, 0.3) is 0 Å². The fraction of sp³-hybridized carbons (Fsp3) is 0.911. The van der Waals surface area contributed by atoms with Gasteiger partial charge in [0.1, 0.15) is 25.3 Å². The van der Waals surface area contributed by atoms with Crippen LogP contribution >= 0.6 is 7.82 Å². The first-order valence-corrected chi connectivity index (χ1v) is 24.2. The van der Waals surface area contributed by atoms with Crippen molar-refractivity contribution in [3.05, 3.63) is 11.6 Å². The Bertz CT molecular complexity index is 1410. The minimum atomic E-state index is -4.50. The van der Waals surface area contributed by atoms with Gasteiger partial charge in [0.15, 0.2) is 0 Å². The number of phosphoric acid groups is 1. The van der Waals surface area contributed by atoms with Crippen molar-refractivity contribution in [2.75, 3.05) is 67.8 Å². The number of methoxy groups -OCH3 is 1. The summed E-state index contributed by atoms with van der Waals surface area (Å²) >= 11 is 0. The number of allylic oxidation sites excluding steroid dienone is 1. The molecule has 336 valence electrons. The van der Waals surface area contributed by atoms with Gasteiger partial charge in [-0.05, 0) is 123 Å². The number of nitrogens with zero attached hydrogens (tertiary/aromatic N) is 1. The van der Waals surface area contributed by atoms with Crippen molar-refractivity contribution < 1.29 is 47.2 Å². The maximum absolute atomic E-state index is 13.4. The molecule has 12 atom stereocenters. The number of nitrogens with one attached hydrogen (secondary N) is 2. The van der Waals surface area contributed by atoms with Crippen LogP contribution in [0.15, 0.2) is 11.6 Å². The highest BCUT2D eigenvalue weighted by Crippen LogP contribution is 2.67. The van der Waals surface area contributed by atoms with E-state index in [0.29, 0.717) is 54.3 Å². The number of ether oxygens (including phenoxy) is 2. The van der Waals surface area contributed by atoms with Crippen molar-refractivity contribution in [3.8, 4) is 0 Å². The molecule has 2 amide bonds. The molecule has 0 bridgehead atoms. The smallest absolute Gasteiger partial charge is 0.446 e. The molecule has 0 aromatic carbocycles. The summed E-state index contributed by atoms with van der Waals surface area (Å²) < 4.78 is 34.8. The highest BCUT2D eigenvalue weighted by atomic mass is 31.2. The number of phosphoric ester groups is 1. The summed E-state index contributed by atoms with van der Waals surface area (Å²) in [5.41, 5.74) is 1.92. The summed E-state index contributed by atoms with van der Waals surface area (Å²) in [4.78, 5) is 37.1. The normalized spacial score (nSPS) is 31.5. The number of amides is 2. The van der Waals surface area contributed by atoms with Crippen LogP contribution in [0.4, 0.5) is 4.79 Å². The van der Waals surface area contributed by atoms with Crippen LogP contribution in [0.3, 0.4) is 0 Å². The van der Waals surface area contributed by atoms with Crippen LogP contribution in [0.5, 0.6) is 0 Å². The van der Waals surface area contributed by atoms with E-state index >= 15 is 0 Å². The number of alkyl carbamates (subject to hydrolysis) is 1. The van der Waals surface area contributed by atoms with Crippen molar-refractivity contribution in [3.63, 3.8) is 0 Å². The third-order valence-electron chi connectivity index (χ3n) is 14.8. The Labute approximate surface area is 351 Å². The van der Waals surface area contributed by atoms with Gasteiger partial charge in [-0.2, -0.15) is 0 Å². The molecule has 0 aromatic heterocycles. The van der Waals surface area contributed by atoms with Crippen LogP contribution in [0.2, 0.25) is 0 Å². The number of likely N-dealkylation sites (N-methyl/N-ethyl adjacent to an activating group) is 1. The molecular formula is C45H83N3O9P+. The summed E-state index contributed by atoms with van der Waals surface area (Å²) in [6.45, 7) is 15.5. The molecule has 4 rings (SSSR count). The van der Waals surface area contributed by atoms with Crippen LogP contribution in [0.25, 0.3) is 0 Å². The molecule has 0 radical (unpaired) electrons. The van der Waals surface area contributed by atoms with Crippen molar-refractivity contribution >= 4 is 19.8 Å². The fourth-order valence-electron chi connectivity index (χ4n) is 11.9. The molecule has 13 heteroatoms. The van der Waals surface area contributed by atoms with E-state index in [1.165, 1.54) is 44.1 Å². The Balaban J connectivity index is 1.35. The lowest BCUT2D eigenvalue weighted by Gasteiger charge is -2.58. The van der Waals surface area contributed by atoms with E-state index in [9.17, 15) is 24.2 Å². The molecule has 4 aliphatic rings. The molecule has 4 N–H and O–H groups in total.